The van der Waals surface area contributed by atoms with Gasteiger partial charge in [0.25, 0.3) is 0 Å². The molecule has 0 spiro atoms. The second-order valence-electron chi connectivity index (χ2n) is 3.53. The molecular formula is C12H11NO3S. The number of aromatic carboxylic acids is 1. The molecule has 0 aliphatic heterocycles. The number of carboxylic acids is 1. The fraction of sp³-hybridized carbons (Fsp3) is 0.167. The maximum absolute atomic E-state index is 11.0. The molecule has 17 heavy (non-hydrogen) atoms. The predicted octanol–water partition coefficient (Wildman–Crippen LogP) is 2.73. The zero-order valence-corrected chi connectivity index (χ0v) is 10.0. The number of carbonyl (C=O) groups is 1. The van der Waals surface area contributed by atoms with E-state index in [0.717, 1.165) is 11.3 Å². The average molecular weight is 249 g/mol. The summed E-state index contributed by atoms with van der Waals surface area (Å²) < 4.78 is 5.54. The van der Waals surface area contributed by atoms with E-state index in [1.165, 1.54) is 17.4 Å². The van der Waals surface area contributed by atoms with Crippen LogP contribution in [0.4, 0.5) is 0 Å². The summed E-state index contributed by atoms with van der Waals surface area (Å²) in [6, 6.07) is 5.06. The molecule has 0 fully saturated rings. The Morgan fingerprint density at radius 2 is 2.35 bits per heavy atom. The summed E-state index contributed by atoms with van der Waals surface area (Å²) in [6.07, 6.45) is 0. The molecule has 2 aromatic rings. The van der Waals surface area contributed by atoms with Crippen molar-refractivity contribution in [2.75, 3.05) is 0 Å². The van der Waals surface area contributed by atoms with Gasteiger partial charge in [0, 0.05) is 5.38 Å². The van der Waals surface area contributed by atoms with Gasteiger partial charge in [-0.3, -0.25) is 0 Å². The third-order valence-corrected chi connectivity index (χ3v) is 2.93. The molecular weight excluding hydrogens is 238 g/mol. The molecule has 0 aliphatic rings. The van der Waals surface area contributed by atoms with Crippen molar-refractivity contribution in [2.24, 2.45) is 0 Å². The molecule has 88 valence electrons. The maximum atomic E-state index is 11.0. The van der Waals surface area contributed by atoms with Gasteiger partial charge in [0.15, 0.2) is 0 Å². The Hall–Kier alpha value is -1.88. The first-order valence-corrected chi connectivity index (χ1v) is 5.95. The number of benzene rings is 1. The molecule has 1 heterocycles. The molecule has 2 rings (SSSR count). The largest absolute Gasteiger partial charge is 0.486 e. The molecule has 4 nitrogen and oxygen atoms in total. The van der Waals surface area contributed by atoms with Crippen LogP contribution in [-0.4, -0.2) is 16.1 Å². The van der Waals surface area contributed by atoms with Crippen LogP contribution in [0.3, 0.4) is 0 Å². The summed E-state index contributed by atoms with van der Waals surface area (Å²) in [5.41, 5.74) is 3.50. The van der Waals surface area contributed by atoms with Gasteiger partial charge in [-0.25, -0.2) is 9.78 Å². The lowest BCUT2D eigenvalue weighted by atomic mass is 10.1. The number of hydrogen-bond donors (Lipinski definition) is 1. The van der Waals surface area contributed by atoms with Gasteiger partial charge in [0.05, 0.1) is 11.2 Å². The number of para-hydroxylation sites is 1. The highest BCUT2D eigenvalue weighted by molar-refractivity contribution is 7.07. The Bertz CT molecular complexity index is 523. The third kappa shape index (κ3) is 2.62. The molecule has 5 heteroatoms. The second-order valence-corrected chi connectivity index (χ2v) is 4.24. The zero-order valence-electron chi connectivity index (χ0n) is 9.21. The van der Waals surface area contributed by atoms with Gasteiger partial charge in [-0.2, -0.15) is 0 Å². The molecule has 1 aromatic heterocycles. The standard InChI is InChI=1S/C12H11NO3S/c1-8-3-2-4-10(12(14)15)11(8)16-5-9-6-17-7-13-9/h2-4,6-7H,5H2,1H3,(H,14,15). The number of thiazole rings is 1. The van der Waals surface area contributed by atoms with Gasteiger partial charge >= 0.3 is 5.97 Å². The van der Waals surface area contributed by atoms with Gasteiger partial charge in [0.1, 0.15) is 17.9 Å². The number of nitrogens with zero attached hydrogens (tertiary/aromatic N) is 1. The van der Waals surface area contributed by atoms with Crippen molar-refractivity contribution >= 4 is 17.3 Å². The topological polar surface area (TPSA) is 59.4 Å². The summed E-state index contributed by atoms with van der Waals surface area (Å²) in [4.78, 5) is 15.1. The lowest BCUT2D eigenvalue weighted by Crippen LogP contribution is -2.05. The Labute approximate surface area is 103 Å². The quantitative estimate of drug-likeness (QED) is 0.905. The van der Waals surface area contributed by atoms with Crippen LogP contribution >= 0.6 is 11.3 Å². The number of rotatable bonds is 4. The molecule has 0 radical (unpaired) electrons. The SMILES string of the molecule is Cc1cccc(C(=O)O)c1OCc1cscn1. The first kappa shape index (κ1) is 11.6. The Balaban J connectivity index is 2.22. The molecule has 0 atom stereocenters. The van der Waals surface area contributed by atoms with Crippen LogP contribution in [0.25, 0.3) is 0 Å². The first-order chi connectivity index (χ1) is 8.18. The van der Waals surface area contributed by atoms with Crippen LogP contribution in [0.2, 0.25) is 0 Å². The molecule has 1 N–H and O–H groups in total. The Morgan fingerprint density at radius 1 is 1.53 bits per heavy atom. The van der Waals surface area contributed by atoms with Crippen molar-refractivity contribution in [3.8, 4) is 5.75 Å². The summed E-state index contributed by atoms with van der Waals surface area (Å²) in [5.74, 6) is -0.574. The number of aryl methyl sites for hydroxylation is 1. The van der Waals surface area contributed by atoms with Crippen molar-refractivity contribution in [3.05, 3.63) is 45.9 Å². The van der Waals surface area contributed by atoms with E-state index >= 15 is 0 Å². The van der Waals surface area contributed by atoms with Gasteiger partial charge in [-0.05, 0) is 18.6 Å². The third-order valence-electron chi connectivity index (χ3n) is 2.29. The molecule has 1 aromatic carbocycles. The van der Waals surface area contributed by atoms with E-state index in [1.54, 1.807) is 11.6 Å². The highest BCUT2D eigenvalue weighted by Gasteiger charge is 2.13. The molecule has 0 bridgehead atoms. The summed E-state index contributed by atoms with van der Waals surface area (Å²) in [5, 5.41) is 10.9. The molecule has 0 unspecified atom stereocenters. The minimum absolute atomic E-state index is 0.181. The van der Waals surface area contributed by atoms with Crippen LogP contribution in [0.1, 0.15) is 21.6 Å². The van der Waals surface area contributed by atoms with Gasteiger partial charge < -0.3 is 9.84 Å². The second kappa shape index (κ2) is 4.97. The van der Waals surface area contributed by atoms with Crippen LogP contribution in [-0.2, 0) is 6.61 Å². The summed E-state index contributed by atoms with van der Waals surface area (Å²) >= 11 is 1.48. The van der Waals surface area contributed by atoms with E-state index in [9.17, 15) is 4.79 Å². The van der Waals surface area contributed by atoms with E-state index in [0.29, 0.717) is 5.75 Å². The van der Waals surface area contributed by atoms with Crippen molar-refractivity contribution < 1.29 is 14.6 Å². The molecule has 0 aliphatic carbocycles. The van der Waals surface area contributed by atoms with Gasteiger partial charge in [-0.15, -0.1) is 11.3 Å². The highest BCUT2D eigenvalue weighted by atomic mass is 32.1. The van der Waals surface area contributed by atoms with E-state index in [2.05, 4.69) is 4.98 Å². The summed E-state index contributed by atoms with van der Waals surface area (Å²) in [7, 11) is 0. The zero-order chi connectivity index (χ0) is 12.3. The van der Waals surface area contributed by atoms with E-state index in [4.69, 9.17) is 9.84 Å². The molecule has 0 saturated carbocycles. The van der Waals surface area contributed by atoms with E-state index in [1.807, 2.05) is 18.4 Å². The number of aromatic nitrogens is 1. The van der Waals surface area contributed by atoms with Crippen LogP contribution < -0.4 is 4.74 Å². The molecule has 0 saturated heterocycles. The van der Waals surface area contributed by atoms with Gasteiger partial charge in [-0.1, -0.05) is 12.1 Å². The van der Waals surface area contributed by atoms with Crippen LogP contribution in [0.15, 0.2) is 29.1 Å². The highest BCUT2D eigenvalue weighted by Crippen LogP contribution is 2.24. The van der Waals surface area contributed by atoms with Gasteiger partial charge in [0.2, 0.25) is 0 Å². The Kier molecular flexibility index (Phi) is 3.39. The number of carboxylic acid groups (broad SMARTS) is 1. The number of hydrogen-bond acceptors (Lipinski definition) is 4. The minimum atomic E-state index is -0.984. The smallest absolute Gasteiger partial charge is 0.339 e. The maximum Gasteiger partial charge on any atom is 0.339 e. The Morgan fingerprint density at radius 3 is 3.00 bits per heavy atom. The first-order valence-electron chi connectivity index (χ1n) is 5.01. The molecule has 0 amide bonds. The lowest BCUT2D eigenvalue weighted by molar-refractivity contribution is 0.0691. The van der Waals surface area contributed by atoms with Crippen molar-refractivity contribution in [1.29, 1.82) is 0 Å². The lowest BCUT2D eigenvalue weighted by Gasteiger charge is -2.10. The van der Waals surface area contributed by atoms with E-state index in [-0.39, 0.29) is 12.2 Å². The summed E-state index contributed by atoms with van der Waals surface area (Å²) in [6.45, 7) is 2.11. The van der Waals surface area contributed by atoms with Crippen molar-refractivity contribution in [3.63, 3.8) is 0 Å². The normalized spacial score (nSPS) is 10.2. The van der Waals surface area contributed by atoms with Crippen molar-refractivity contribution in [1.82, 2.24) is 4.98 Å². The predicted molar refractivity (Wildman–Crippen MR) is 64.6 cm³/mol. The van der Waals surface area contributed by atoms with Crippen LogP contribution in [0.5, 0.6) is 5.75 Å². The van der Waals surface area contributed by atoms with E-state index < -0.39 is 5.97 Å². The van der Waals surface area contributed by atoms with Crippen LogP contribution in [0, 0.1) is 6.92 Å². The van der Waals surface area contributed by atoms with Crippen molar-refractivity contribution in [2.45, 2.75) is 13.5 Å². The fourth-order valence-electron chi connectivity index (χ4n) is 1.47. The average Bonchev–Trinajstić information content (AvgIpc) is 2.80. The number of ether oxygens (including phenoxy) is 1. The minimum Gasteiger partial charge on any atom is -0.486 e. The fourth-order valence-corrected chi connectivity index (χ4v) is 2.01. The monoisotopic (exact) mass is 249 g/mol.